The Hall–Kier alpha value is -2.38. The summed E-state index contributed by atoms with van der Waals surface area (Å²) in [5, 5.41) is 15.7. The number of rotatable bonds is 5. The highest BCUT2D eigenvalue weighted by Gasteiger charge is 2.13. The monoisotopic (exact) mass is 359 g/mol. The smallest absolute Gasteiger partial charge is 0.234 e. The average molecular weight is 360 g/mol. The van der Waals surface area contributed by atoms with Gasteiger partial charge in [0.05, 0.1) is 11.4 Å². The second-order valence-corrected chi connectivity index (χ2v) is 6.38. The molecule has 122 valence electrons. The predicted octanol–water partition coefficient (Wildman–Crippen LogP) is 3.35. The first-order chi connectivity index (χ1) is 11.6. The lowest BCUT2D eigenvalue weighted by Crippen LogP contribution is -2.14. The third-order valence-corrected chi connectivity index (χ3v) is 4.42. The Bertz CT molecular complexity index is 850. The number of benzene rings is 2. The molecule has 1 heterocycles. The fourth-order valence-corrected chi connectivity index (χ4v) is 2.89. The van der Waals surface area contributed by atoms with Crippen molar-refractivity contribution < 1.29 is 4.79 Å². The summed E-state index contributed by atoms with van der Waals surface area (Å²) in [6.07, 6.45) is 0. The van der Waals surface area contributed by atoms with Crippen LogP contribution in [0.1, 0.15) is 5.56 Å². The van der Waals surface area contributed by atoms with Crippen LogP contribution in [0.4, 0.5) is 5.69 Å². The molecule has 1 amide bonds. The van der Waals surface area contributed by atoms with Crippen molar-refractivity contribution in [2.45, 2.75) is 12.1 Å². The lowest BCUT2D eigenvalue weighted by molar-refractivity contribution is -0.113. The number of thioether (sulfide) groups is 1. The summed E-state index contributed by atoms with van der Waals surface area (Å²) >= 11 is 7.10. The summed E-state index contributed by atoms with van der Waals surface area (Å²) in [5.41, 5.74) is 2.64. The van der Waals surface area contributed by atoms with Crippen molar-refractivity contribution in [1.29, 1.82) is 0 Å². The summed E-state index contributed by atoms with van der Waals surface area (Å²) in [5.74, 6) is 0.0659. The molecule has 0 aliphatic heterocycles. The minimum absolute atomic E-state index is 0.137. The van der Waals surface area contributed by atoms with Gasteiger partial charge in [0.25, 0.3) is 0 Å². The van der Waals surface area contributed by atoms with E-state index in [0.29, 0.717) is 15.9 Å². The minimum atomic E-state index is -0.137. The van der Waals surface area contributed by atoms with E-state index >= 15 is 0 Å². The number of para-hydroxylation sites is 1. The standard InChI is InChI=1S/C16H14ClN5OS/c1-11-4-2-3-5-14(11)22-16(19-20-21-22)24-10-15(23)18-13-8-6-12(17)7-9-13/h2-9H,10H2,1H3,(H,18,23). The molecule has 6 nitrogen and oxygen atoms in total. The predicted molar refractivity (Wildman–Crippen MR) is 94.7 cm³/mol. The molecule has 3 aromatic rings. The number of anilines is 1. The average Bonchev–Trinajstić information content (AvgIpc) is 3.04. The van der Waals surface area contributed by atoms with E-state index in [9.17, 15) is 4.79 Å². The second kappa shape index (κ2) is 7.46. The zero-order chi connectivity index (χ0) is 16.9. The fourth-order valence-electron chi connectivity index (χ4n) is 2.08. The number of nitrogens with one attached hydrogen (secondary N) is 1. The number of tetrazole rings is 1. The Morgan fingerprint density at radius 1 is 1.21 bits per heavy atom. The van der Waals surface area contributed by atoms with Crippen molar-refractivity contribution in [2.24, 2.45) is 0 Å². The Balaban J connectivity index is 1.65. The first-order valence-corrected chi connectivity index (χ1v) is 8.52. The largest absolute Gasteiger partial charge is 0.325 e. The van der Waals surface area contributed by atoms with Gasteiger partial charge >= 0.3 is 0 Å². The summed E-state index contributed by atoms with van der Waals surface area (Å²) in [4.78, 5) is 12.1. The van der Waals surface area contributed by atoms with E-state index in [-0.39, 0.29) is 11.7 Å². The molecule has 0 radical (unpaired) electrons. The van der Waals surface area contributed by atoms with E-state index in [2.05, 4.69) is 20.8 Å². The van der Waals surface area contributed by atoms with Crippen LogP contribution in [0, 0.1) is 6.92 Å². The van der Waals surface area contributed by atoms with Gasteiger partial charge in [0.1, 0.15) is 0 Å². The number of amides is 1. The van der Waals surface area contributed by atoms with Crippen molar-refractivity contribution >= 4 is 35.0 Å². The lowest BCUT2D eigenvalue weighted by atomic mass is 10.2. The van der Waals surface area contributed by atoms with Crippen molar-refractivity contribution in [3.63, 3.8) is 0 Å². The van der Waals surface area contributed by atoms with Gasteiger partial charge < -0.3 is 5.32 Å². The second-order valence-electron chi connectivity index (χ2n) is 5.00. The number of carbonyl (C=O) groups excluding carboxylic acids is 1. The molecular formula is C16H14ClN5OS. The molecule has 3 rings (SSSR count). The van der Waals surface area contributed by atoms with Gasteiger partial charge in [0, 0.05) is 10.7 Å². The van der Waals surface area contributed by atoms with E-state index in [0.717, 1.165) is 11.3 Å². The number of hydrogen-bond donors (Lipinski definition) is 1. The van der Waals surface area contributed by atoms with Crippen LogP contribution in [0.15, 0.2) is 53.7 Å². The van der Waals surface area contributed by atoms with Crippen molar-refractivity contribution in [3.8, 4) is 5.69 Å². The number of hydrogen-bond acceptors (Lipinski definition) is 5. The van der Waals surface area contributed by atoms with Gasteiger partial charge in [-0.25, -0.2) is 0 Å². The zero-order valence-corrected chi connectivity index (χ0v) is 14.4. The Kier molecular flexibility index (Phi) is 5.12. The molecule has 0 saturated heterocycles. The zero-order valence-electron chi connectivity index (χ0n) is 12.8. The van der Waals surface area contributed by atoms with Crippen molar-refractivity contribution in [1.82, 2.24) is 20.2 Å². The number of halogens is 1. The number of carbonyl (C=O) groups is 1. The molecule has 8 heteroatoms. The van der Waals surface area contributed by atoms with Gasteiger partial charge in [-0.1, -0.05) is 41.6 Å². The number of aryl methyl sites for hydroxylation is 1. The molecule has 24 heavy (non-hydrogen) atoms. The minimum Gasteiger partial charge on any atom is -0.325 e. The number of nitrogens with zero attached hydrogens (tertiary/aromatic N) is 4. The molecule has 1 N–H and O–H groups in total. The number of aromatic nitrogens is 4. The third kappa shape index (κ3) is 3.93. The van der Waals surface area contributed by atoms with Gasteiger partial charge in [0.2, 0.25) is 11.1 Å². The summed E-state index contributed by atoms with van der Waals surface area (Å²) in [6.45, 7) is 1.98. The molecule has 0 unspecified atom stereocenters. The molecule has 0 aliphatic rings. The Morgan fingerprint density at radius 2 is 1.96 bits per heavy atom. The van der Waals surface area contributed by atoms with Crippen LogP contribution in [0.2, 0.25) is 5.02 Å². The van der Waals surface area contributed by atoms with E-state index in [4.69, 9.17) is 11.6 Å². The normalized spacial score (nSPS) is 10.6. The quantitative estimate of drug-likeness (QED) is 0.707. The fraction of sp³-hybridized carbons (Fsp3) is 0.125. The SMILES string of the molecule is Cc1ccccc1-n1nnnc1SCC(=O)Nc1ccc(Cl)cc1. The molecule has 1 aromatic heterocycles. The van der Waals surface area contributed by atoms with E-state index in [1.54, 1.807) is 28.9 Å². The molecule has 2 aromatic carbocycles. The summed E-state index contributed by atoms with van der Waals surface area (Å²) in [6, 6.07) is 14.8. The van der Waals surface area contributed by atoms with Crippen molar-refractivity contribution in [2.75, 3.05) is 11.1 Å². The van der Waals surface area contributed by atoms with Crippen LogP contribution in [0.3, 0.4) is 0 Å². The highest BCUT2D eigenvalue weighted by atomic mass is 35.5. The van der Waals surface area contributed by atoms with E-state index in [1.165, 1.54) is 11.8 Å². The first kappa shape index (κ1) is 16.5. The van der Waals surface area contributed by atoms with Crippen LogP contribution in [0.25, 0.3) is 5.69 Å². The lowest BCUT2D eigenvalue weighted by Gasteiger charge is -2.07. The Morgan fingerprint density at radius 3 is 2.71 bits per heavy atom. The molecule has 0 saturated carbocycles. The molecular weight excluding hydrogens is 346 g/mol. The van der Waals surface area contributed by atoms with Crippen LogP contribution < -0.4 is 5.32 Å². The third-order valence-electron chi connectivity index (χ3n) is 3.24. The Labute approximate surface area is 148 Å². The maximum absolute atomic E-state index is 12.1. The highest BCUT2D eigenvalue weighted by molar-refractivity contribution is 7.99. The van der Waals surface area contributed by atoms with E-state index in [1.807, 2.05) is 31.2 Å². The molecule has 0 fully saturated rings. The highest BCUT2D eigenvalue weighted by Crippen LogP contribution is 2.21. The van der Waals surface area contributed by atoms with Crippen LogP contribution in [-0.2, 0) is 4.79 Å². The maximum Gasteiger partial charge on any atom is 0.234 e. The molecule has 0 bridgehead atoms. The van der Waals surface area contributed by atoms with Gasteiger partial charge in [-0.05, 0) is 53.2 Å². The maximum atomic E-state index is 12.1. The first-order valence-electron chi connectivity index (χ1n) is 7.16. The van der Waals surface area contributed by atoms with Crippen molar-refractivity contribution in [3.05, 3.63) is 59.1 Å². The van der Waals surface area contributed by atoms with Crippen LogP contribution in [0.5, 0.6) is 0 Å². The molecule has 0 spiro atoms. The van der Waals surface area contributed by atoms with Crippen LogP contribution >= 0.6 is 23.4 Å². The van der Waals surface area contributed by atoms with Crippen LogP contribution in [-0.4, -0.2) is 31.9 Å². The molecule has 0 atom stereocenters. The van der Waals surface area contributed by atoms with E-state index < -0.39 is 0 Å². The van der Waals surface area contributed by atoms with Gasteiger partial charge in [-0.2, -0.15) is 4.68 Å². The molecule has 0 aliphatic carbocycles. The van der Waals surface area contributed by atoms with Gasteiger partial charge in [-0.3, -0.25) is 4.79 Å². The van der Waals surface area contributed by atoms with Gasteiger partial charge in [-0.15, -0.1) is 5.10 Å². The topological polar surface area (TPSA) is 72.7 Å². The summed E-state index contributed by atoms with van der Waals surface area (Å²) in [7, 11) is 0. The van der Waals surface area contributed by atoms with Gasteiger partial charge in [0.15, 0.2) is 0 Å². The summed E-state index contributed by atoms with van der Waals surface area (Å²) < 4.78 is 1.63.